The van der Waals surface area contributed by atoms with E-state index < -0.39 is 0 Å². The molecule has 1 fully saturated rings. The monoisotopic (exact) mass is 244 g/mol. The molecule has 0 saturated heterocycles. The molecule has 1 atom stereocenters. The van der Waals surface area contributed by atoms with Gasteiger partial charge in [0.15, 0.2) is 0 Å². The molecule has 0 spiro atoms. The van der Waals surface area contributed by atoms with Gasteiger partial charge in [-0.25, -0.2) is 0 Å². The summed E-state index contributed by atoms with van der Waals surface area (Å²) >= 11 is 0. The van der Waals surface area contributed by atoms with Crippen LogP contribution in [0.1, 0.15) is 38.7 Å². The highest BCUT2D eigenvalue weighted by atomic mass is 16.5. The number of carbonyl (C=O) groups is 1. The Hall–Kier alpha value is -1.57. The minimum atomic E-state index is 0.238. The molecule has 1 unspecified atom stereocenters. The van der Waals surface area contributed by atoms with Crippen molar-refractivity contribution in [1.82, 2.24) is 0 Å². The molecule has 1 aliphatic rings. The van der Waals surface area contributed by atoms with Gasteiger partial charge in [-0.1, -0.05) is 30.7 Å². The van der Waals surface area contributed by atoms with E-state index in [-0.39, 0.29) is 5.92 Å². The highest BCUT2D eigenvalue weighted by Gasteiger charge is 2.20. The molecule has 2 heteroatoms. The molecule has 0 aromatic heterocycles. The van der Waals surface area contributed by atoms with E-state index >= 15 is 0 Å². The predicted octanol–water partition coefficient (Wildman–Crippen LogP) is 3.86. The van der Waals surface area contributed by atoms with Crippen molar-refractivity contribution in [3.63, 3.8) is 0 Å². The van der Waals surface area contributed by atoms with E-state index in [0.29, 0.717) is 18.8 Å². The first kappa shape index (κ1) is 12.9. The van der Waals surface area contributed by atoms with Crippen LogP contribution in [0.15, 0.2) is 29.8 Å². The van der Waals surface area contributed by atoms with Crippen LogP contribution in [0.2, 0.25) is 0 Å². The van der Waals surface area contributed by atoms with Gasteiger partial charge in [0.1, 0.15) is 11.5 Å². The Bertz CT molecular complexity index is 443. The summed E-state index contributed by atoms with van der Waals surface area (Å²) in [6.07, 6.45) is 4.79. The van der Waals surface area contributed by atoms with Gasteiger partial charge in [-0.05, 0) is 37.5 Å². The molecule has 0 heterocycles. The molecule has 0 amide bonds. The van der Waals surface area contributed by atoms with Gasteiger partial charge < -0.3 is 4.74 Å². The van der Waals surface area contributed by atoms with E-state index in [9.17, 15) is 4.79 Å². The number of hydrogen-bond donors (Lipinski definition) is 0. The Morgan fingerprint density at radius 2 is 2.06 bits per heavy atom. The molecule has 2 rings (SSSR count). The summed E-state index contributed by atoms with van der Waals surface area (Å²) in [5, 5.41) is 0. The Kier molecular flexibility index (Phi) is 4.19. The number of Topliss-reactive ketones (excluding diaryl/α,β-unsaturated/α-hetero) is 1. The molecule has 96 valence electrons. The first-order valence-electron chi connectivity index (χ1n) is 6.64. The second-order valence-corrected chi connectivity index (χ2v) is 4.89. The summed E-state index contributed by atoms with van der Waals surface area (Å²) in [5.74, 6) is 1.51. The average molecular weight is 244 g/mol. The summed E-state index contributed by atoms with van der Waals surface area (Å²) in [6, 6.07) is 8.04. The summed E-state index contributed by atoms with van der Waals surface area (Å²) in [7, 11) is 0. The second-order valence-electron chi connectivity index (χ2n) is 4.89. The number of ether oxygens (including phenoxy) is 1. The van der Waals surface area contributed by atoms with Gasteiger partial charge in [-0.15, -0.1) is 0 Å². The zero-order valence-corrected chi connectivity index (χ0v) is 11.1. The average Bonchev–Trinajstić information content (AvgIpc) is 2.37. The van der Waals surface area contributed by atoms with Crippen molar-refractivity contribution in [3.05, 3.63) is 35.4 Å². The number of rotatable bonds is 3. The molecule has 0 aliphatic heterocycles. The Labute approximate surface area is 109 Å². The highest BCUT2D eigenvalue weighted by molar-refractivity contribution is 5.85. The van der Waals surface area contributed by atoms with Crippen LogP contribution < -0.4 is 4.74 Å². The first-order valence-corrected chi connectivity index (χ1v) is 6.64. The van der Waals surface area contributed by atoms with Crippen molar-refractivity contribution in [2.45, 2.75) is 33.1 Å². The van der Waals surface area contributed by atoms with Gasteiger partial charge >= 0.3 is 0 Å². The molecule has 1 aromatic carbocycles. The van der Waals surface area contributed by atoms with Crippen molar-refractivity contribution >= 4 is 11.9 Å². The van der Waals surface area contributed by atoms with Crippen LogP contribution in [0.4, 0.5) is 0 Å². The number of benzene rings is 1. The van der Waals surface area contributed by atoms with Crippen LogP contribution in [0.3, 0.4) is 0 Å². The smallest absolute Gasteiger partial charge is 0.139 e. The van der Waals surface area contributed by atoms with Gasteiger partial charge in [-0.2, -0.15) is 0 Å². The summed E-state index contributed by atoms with van der Waals surface area (Å²) in [6.45, 7) is 4.69. The van der Waals surface area contributed by atoms with Crippen LogP contribution >= 0.6 is 0 Å². The van der Waals surface area contributed by atoms with E-state index in [1.165, 1.54) is 5.57 Å². The van der Waals surface area contributed by atoms with Crippen LogP contribution in [0, 0.1) is 5.92 Å². The Balaban J connectivity index is 2.06. The number of carbonyl (C=O) groups excluding carboxylic acids is 1. The van der Waals surface area contributed by atoms with E-state index in [1.54, 1.807) is 0 Å². The summed E-state index contributed by atoms with van der Waals surface area (Å²) in [4.78, 5) is 11.7. The third-order valence-corrected chi connectivity index (χ3v) is 3.41. The van der Waals surface area contributed by atoms with Crippen molar-refractivity contribution < 1.29 is 9.53 Å². The lowest BCUT2D eigenvalue weighted by Gasteiger charge is -2.19. The molecule has 0 radical (unpaired) electrons. The van der Waals surface area contributed by atoms with Crippen molar-refractivity contribution in [2.75, 3.05) is 6.61 Å². The number of allylic oxidation sites excluding steroid dienone is 1. The fraction of sp³-hybridized carbons (Fsp3) is 0.438. The van der Waals surface area contributed by atoms with Gasteiger partial charge in [0.25, 0.3) is 0 Å². The van der Waals surface area contributed by atoms with Crippen molar-refractivity contribution in [1.29, 1.82) is 0 Å². The van der Waals surface area contributed by atoms with Gasteiger partial charge in [-0.3, -0.25) is 4.79 Å². The molecule has 1 aromatic rings. The molecular weight excluding hydrogens is 224 g/mol. The predicted molar refractivity (Wildman–Crippen MR) is 73.6 cm³/mol. The lowest BCUT2D eigenvalue weighted by atomic mass is 9.85. The minimum absolute atomic E-state index is 0.238. The fourth-order valence-electron chi connectivity index (χ4n) is 2.24. The summed E-state index contributed by atoms with van der Waals surface area (Å²) < 4.78 is 5.41. The SMILES string of the molecule is CCOc1ccc(C=C2CCC(C)C(=O)C2)cc1. The lowest BCUT2D eigenvalue weighted by Crippen LogP contribution is -2.17. The maximum atomic E-state index is 11.7. The van der Waals surface area contributed by atoms with Crippen LogP contribution in [0.25, 0.3) is 6.08 Å². The maximum absolute atomic E-state index is 11.7. The van der Waals surface area contributed by atoms with Crippen molar-refractivity contribution in [2.24, 2.45) is 5.92 Å². The van der Waals surface area contributed by atoms with E-state index in [4.69, 9.17) is 4.74 Å². The van der Waals surface area contributed by atoms with E-state index in [1.807, 2.05) is 38.1 Å². The topological polar surface area (TPSA) is 26.3 Å². The fourth-order valence-corrected chi connectivity index (χ4v) is 2.24. The standard InChI is InChI=1S/C16H20O2/c1-3-18-15-8-6-13(7-9-15)10-14-5-4-12(2)16(17)11-14/h6-10,12H,3-5,11H2,1-2H3. The number of ketones is 1. The molecule has 2 nitrogen and oxygen atoms in total. The van der Waals surface area contributed by atoms with Crippen molar-refractivity contribution in [3.8, 4) is 5.75 Å². The summed E-state index contributed by atoms with van der Waals surface area (Å²) in [5.41, 5.74) is 2.40. The normalized spacial score (nSPS) is 22.2. The lowest BCUT2D eigenvalue weighted by molar-refractivity contribution is -0.122. The second kappa shape index (κ2) is 5.85. The molecule has 18 heavy (non-hydrogen) atoms. The third kappa shape index (κ3) is 3.22. The first-order chi connectivity index (χ1) is 8.69. The third-order valence-electron chi connectivity index (χ3n) is 3.41. The maximum Gasteiger partial charge on any atom is 0.139 e. The van der Waals surface area contributed by atoms with Gasteiger partial charge in [0.2, 0.25) is 0 Å². The van der Waals surface area contributed by atoms with Gasteiger partial charge in [0.05, 0.1) is 6.61 Å². The molecule has 0 N–H and O–H groups in total. The zero-order valence-electron chi connectivity index (χ0n) is 11.1. The highest BCUT2D eigenvalue weighted by Crippen LogP contribution is 2.27. The van der Waals surface area contributed by atoms with Crippen LogP contribution in [-0.4, -0.2) is 12.4 Å². The largest absolute Gasteiger partial charge is 0.494 e. The van der Waals surface area contributed by atoms with Gasteiger partial charge in [0, 0.05) is 12.3 Å². The zero-order chi connectivity index (χ0) is 13.0. The molecule has 1 aliphatic carbocycles. The Morgan fingerprint density at radius 1 is 1.33 bits per heavy atom. The van der Waals surface area contributed by atoms with Crippen LogP contribution in [0.5, 0.6) is 5.75 Å². The molecular formula is C16H20O2. The molecule has 1 saturated carbocycles. The molecule has 0 bridgehead atoms. The number of hydrogen-bond acceptors (Lipinski definition) is 2. The minimum Gasteiger partial charge on any atom is -0.494 e. The van der Waals surface area contributed by atoms with E-state index in [0.717, 1.165) is 24.2 Å². The quantitative estimate of drug-likeness (QED) is 0.807. The Morgan fingerprint density at radius 3 is 2.67 bits per heavy atom. The van der Waals surface area contributed by atoms with Crippen LogP contribution in [-0.2, 0) is 4.79 Å². The van der Waals surface area contributed by atoms with E-state index in [2.05, 4.69) is 6.08 Å².